The first kappa shape index (κ1) is 22.7. The van der Waals surface area contributed by atoms with Gasteiger partial charge >= 0.3 is 0 Å². The second-order valence-electron chi connectivity index (χ2n) is 6.16. The number of anilines is 1. The first-order valence-corrected chi connectivity index (χ1v) is 11.9. The number of benzene rings is 2. The van der Waals surface area contributed by atoms with Gasteiger partial charge in [0.15, 0.2) is 0 Å². The van der Waals surface area contributed by atoms with Gasteiger partial charge in [-0.2, -0.15) is 4.31 Å². The molecule has 2 rings (SSSR count). The second kappa shape index (κ2) is 10.3. The number of amides is 1. The normalized spacial score (nSPS) is 12.8. The maximum absolute atomic E-state index is 12.7. The Hall–Kier alpha value is -1.54. The molecule has 0 aromatic heterocycles. The summed E-state index contributed by atoms with van der Waals surface area (Å²) in [4.78, 5) is 12.7. The molecule has 0 saturated carbocycles. The Labute approximate surface area is 176 Å². The van der Waals surface area contributed by atoms with E-state index in [9.17, 15) is 13.2 Å². The van der Waals surface area contributed by atoms with Crippen LogP contribution in [0.5, 0.6) is 0 Å². The predicted molar refractivity (Wildman–Crippen MR) is 117 cm³/mol. The van der Waals surface area contributed by atoms with E-state index in [2.05, 4.69) is 5.32 Å². The number of hydrogen-bond donors (Lipinski definition) is 1. The summed E-state index contributed by atoms with van der Waals surface area (Å²) < 4.78 is 26.8. The van der Waals surface area contributed by atoms with Crippen molar-refractivity contribution in [3.63, 3.8) is 0 Å². The molecule has 1 amide bonds. The van der Waals surface area contributed by atoms with E-state index in [1.54, 1.807) is 13.8 Å². The molecule has 5 nitrogen and oxygen atoms in total. The summed E-state index contributed by atoms with van der Waals surface area (Å²) in [5, 5.41) is 2.74. The molecule has 0 bridgehead atoms. The van der Waals surface area contributed by atoms with Crippen LogP contribution in [-0.2, 0) is 20.6 Å². The first-order chi connectivity index (χ1) is 13.3. The molecule has 1 unspecified atom stereocenters. The van der Waals surface area contributed by atoms with Gasteiger partial charge in [-0.25, -0.2) is 8.42 Å². The number of nitrogens with one attached hydrogen (secondary N) is 1. The van der Waals surface area contributed by atoms with Crippen molar-refractivity contribution in [1.29, 1.82) is 0 Å². The van der Waals surface area contributed by atoms with Crippen molar-refractivity contribution in [2.75, 3.05) is 18.4 Å². The lowest BCUT2D eigenvalue weighted by Crippen LogP contribution is -2.30. The highest BCUT2D eigenvalue weighted by atomic mass is 35.5. The summed E-state index contributed by atoms with van der Waals surface area (Å²) in [7, 11) is -3.62. The van der Waals surface area contributed by atoms with Crippen molar-refractivity contribution < 1.29 is 13.2 Å². The summed E-state index contributed by atoms with van der Waals surface area (Å²) in [5.41, 5.74) is 1.43. The van der Waals surface area contributed by atoms with Crippen LogP contribution in [0.1, 0.15) is 26.3 Å². The number of halogens is 1. The van der Waals surface area contributed by atoms with E-state index >= 15 is 0 Å². The van der Waals surface area contributed by atoms with Crippen molar-refractivity contribution in [2.45, 2.75) is 36.7 Å². The highest BCUT2D eigenvalue weighted by Crippen LogP contribution is 2.28. The van der Waals surface area contributed by atoms with Gasteiger partial charge in [0.1, 0.15) is 0 Å². The molecule has 152 valence electrons. The number of thioether (sulfide) groups is 1. The Balaban J connectivity index is 2.11. The lowest BCUT2D eigenvalue weighted by Gasteiger charge is -2.19. The monoisotopic (exact) mass is 440 g/mol. The molecule has 0 fully saturated rings. The van der Waals surface area contributed by atoms with E-state index < -0.39 is 10.0 Å². The molecule has 8 heteroatoms. The van der Waals surface area contributed by atoms with Gasteiger partial charge in [0.05, 0.1) is 20.9 Å². The molecule has 1 N–H and O–H groups in total. The smallest absolute Gasteiger partial charge is 0.243 e. The van der Waals surface area contributed by atoms with Crippen LogP contribution in [0.3, 0.4) is 0 Å². The van der Waals surface area contributed by atoms with Crippen molar-refractivity contribution in [2.24, 2.45) is 0 Å². The maximum atomic E-state index is 12.7. The van der Waals surface area contributed by atoms with Crippen LogP contribution in [0.2, 0.25) is 5.02 Å². The van der Waals surface area contributed by atoms with Crippen molar-refractivity contribution >= 4 is 45.0 Å². The van der Waals surface area contributed by atoms with E-state index in [0.717, 1.165) is 5.56 Å². The van der Waals surface area contributed by atoms with Gasteiger partial charge in [-0.1, -0.05) is 55.8 Å². The standard InChI is InChI=1S/C20H25ClN2O3S2/c1-4-23(5-2)28(25,26)17-11-12-18(21)19(13-17)22-20(24)15(3)27-14-16-9-7-6-8-10-16/h6-13,15H,4-5,14H2,1-3H3,(H,22,24). The van der Waals surface area contributed by atoms with E-state index in [0.29, 0.717) is 29.6 Å². The summed E-state index contributed by atoms with van der Waals surface area (Å²) in [5.74, 6) is 0.486. The van der Waals surface area contributed by atoms with Gasteiger partial charge in [0, 0.05) is 18.8 Å². The third-order valence-corrected chi connectivity index (χ3v) is 7.84. The van der Waals surface area contributed by atoms with Gasteiger partial charge in [0.2, 0.25) is 15.9 Å². The summed E-state index contributed by atoms with van der Waals surface area (Å²) in [6, 6.07) is 14.3. The number of carbonyl (C=O) groups is 1. The summed E-state index contributed by atoms with van der Waals surface area (Å²) >= 11 is 7.69. The van der Waals surface area contributed by atoms with Gasteiger partial charge < -0.3 is 5.32 Å². The summed E-state index contributed by atoms with van der Waals surface area (Å²) in [6.45, 7) is 6.12. The number of rotatable bonds is 9. The zero-order valence-electron chi connectivity index (χ0n) is 16.2. The lowest BCUT2D eigenvalue weighted by molar-refractivity contribution is -0.115. The molecule has 0 aliphatic heterocycles. The minimum absolute atomic E-state index is 0.112. The molecule has 28 heavy (non-hydrogen) atoms. The van der Waals surface area contributed by atoms with Gasteiger partial charge in [-0.05, 0) is 30.7 Å². The Bertz CT molecular complexity index is 901. The zero-order valence-corrected chi connectivity index (χ0v) is 18.6. The topological polar surface area (TPSA) is 66.5 Å². The van der Waals surface area contributed by atoms with E-state index in [4.69, 9.17) is 11.6 Å². The van der Waals surface area contributed by atoms with Gasteiger partial charge in [-0.3, -0.25) is 4.79 Å². The van der Waals surface area contributed by atoms with Crippen LogP contribution in [0.15, 0.2) is 53.4 Å². The second-order valence-corrected chi connectivity index (χ2v) is 9.83. The number of hydrogen-bond acceptors (Lipinski definition) is 4. The summed E-state index contributed by atoms with van der Waals surface area (Å²) in [6.07, 6.45) is 0. The molecule has 0 spiro atoms. The van der Waals surface area contributed by atoms with Crippen LogP contribution in [-0.4, -0.2) is 37.0 Å². The molecule has 0 aliphatic carbocycles. The number of sulfonamides is 1. The van der Waals surface area contributed by atoms with Crippen LogP contribution in [0.25, 0.3) is 0 Å². The van der Waals surface area contributed by atoms with Crippen molar-refractivity contribution in [1.82, 2.24) is 4.31 Å². The Morgan fingerprint density at radius 2 is 1.79 bits per heavy atom. The van der Waals surface area contributed by atoms with Crippen molar-refractivity contribution in [3.05, 3.63) is 59.1 Å². The minimum Gasteiger partial charge on any atom is -0.324 e. The SMILES string of the molecule is CCN(CC)S(=O)(=O)c1ccc(Cl)c(NC(=O)C(C)SCc2ccccc2)c1. The van der Waals surface area contributed by atoms with E-state index in [-0.39, 0.29) is 16.1 Å². The lowest BCUT2D eigenvalue weighted by atomic mass is 10.2. The van der Waals surface area contributed by atoms with E-state index in [1.807, 2.05) is 37.3 Å². The first-order valence-electron chi connectivity index (χ1n) is 9.05. The molecule has 0 radical (unpaired) electrons. The highest BCUT2D eigenvalue weighted by Gasteiger charge is 2.23. The minimum atomic E-state index is -3.62. The average Bonchev–Trinajstić information content (AvgIpc) is 2.69. The molecule has 0 heterocycles. The molecule has 0 aliphatic rings. The average molecular weight is 441 g/mol. The van der Waals surface area contributed by atoms with Crippen LogP contribution in [0, 0.1) is 0 Å². The Morgan fingerprint density at radius 3 is 2.39 bits per heavy atom. The third kappa shape index (κ3) is 5.73. The van der Waals surface area contributed by atoms with Crippen LogP contribution >= 0.6 is 23.4 Å². The fourth-order valence-corrected chi connectivity index (χ4v) is 5.07. The molecular weight excluding hydrogens is 416 g/mol. The largest absolute Gasteiger partial charge is 0.324 e. The van der Waals surface area contributed by atoms with Gasteiger partial charge in [-0.15, -0.1) is 11.8 Å². The molecular formula is C20H25ClN2O3S2. The Kier molecular flexibility index (Phi) is 8.37. The molecule has 1 atom stereocenters. The van der Waals surface area contributed by atoms with Gasteiger partial charge in [0.25, 0.3) is 0 Å². The van der Waals surface area contributed by atoms with Crippen LogP contribution in [0.4, 0.5) is 5.69 Å². The predicted octanol–water partition coefficient (Wildman–Crippen LogP) is 4.63. The zero-order chi connectivity index (χ0) is 20.7. The fraction of sp³-hybridized carbons (Fsp3) is 0.350. The maximum Gasteiger partial charge on any atom is 0.243 e. The van der Waals surface area contributed by atoms with Crippen LogP contribution < -0.4 is 5.32 Å². The van der Waals surface area contributed by atoms with Crippen molar-refractivity contribution in [3.8, 4) is 0 Å². The number of carbonyl (C=O) groups excluding carboxylic acids is 1. The van der Waals surface area contributed by atoms with E-state index in [1.165, 1.54) is 34.3 Å². The Morgan fingerprint density at radius 1 is 1.14 bits per heavy atom. The highest BCUT2D eigenvalue weighted by molar-refractivity contribution is 7.99. The third-order valence-electron chi connectivity index (χ3n) is 4.25. The quantitative estimate of drug-likeness (QED) is 0.617. The molecule has 2 aromatic carbocycles. The molecule has 0 saturated heterocycles. The molecule has 2 aromatic rings. The fourth-order valence-electron chi connectivity index (χ4n) is 2.58. The number of nitrogens with zero attached hydrogens (tertiary/aromatic N) is 1.